The first-order valence-corrected chi connectivity index (χ1v) is 9.30. The van der Waals surface area contributed by atoms with Gasteiger partial charge in [-0.15, -0.1) is 0 Å². The number of quaternary nitrogens is 1. The van der Waals surface area contributed by atoms with Crippen LogP contribution in [0.25, 0.3) is 0 Å². The minimum Gasteiger partial charge on any atom is -0.360 e. The van der Waals surface area contributed by atoms with Crippen LogP contribution in [0.15, 0.2) is 42.5 Å². The van der Waals surface area contributed by atoms with E-state index < -0.39 is 5.82 Å². The second-order valence-electron chi connectivity index (χ2n) is 6.46. The lowest BCUT2D eigenvalue weighted by Gasteiger charge is -2.36. The zero-order valence-corrected chi connectivity index (χ0v) is 15.9. The Kier molecular flexibility index (Phi) is 6.01. The average molecular weight is 397 g/mol. The Labute approximate surface area is 162 Å². The Bertz CT molecular complexity index is 794. The summed E-state index contributed by atoms with van der Waals surface area (Å²) >= 11 is 11.8. The second-order valence-corrected chi connectivity index (χ2v) is 7.33. The molecule has 1 saturated heterocycles. The van der Waals surface area contributed by atoms with Gasteiger partial charge in [0.25, 0.3) is 5.91 Å². The van der Waals surface area contributed by atoms with E-state index in [9.17, 15) is 9.18 Å². The topological polar surface area (TPSA) is 36.8 Å². The lowest BCUT2D eigenvalue weighted by atomic mass is 10.2. The summed E-state index contributed by atoms with van der Waals surface area (Å²) in [7, 11) is 0. The molecule has 1 aliphatic heterocycles. The summed E-state index contributed by atoms with van der Waals surface area (Å²) in [6, 6.07) is 11.7. The van der Waals surface area contributed by atoms with Crippen molar-refractivity contribution in [1.82, 2.24) is 0 Å². The van der Waals surface area contributed by atoms with Gasteiger partial charge in [-0.05, 0) is 43.3 Å². The van der Waals surface area contributed by atoms with E-state index in [1.165, 1.54) is 17.0 Å². The molecule has 0 radical (unpaired) electrons. The zero-order valence-electron chi connectivity index (χ0n) is 14.4. The summed E-state index contributed by atoms with van der Waals surface area (Å²) in [5.41, 5.74) is 1.25. The lowest BCUT2D eigenvalue weighted by Crippen LogP contribution is -3.19. The molecule has 4 nitrogen and oxygen atoms in total. The Morgan fingerprint density at radius 3 is 2.50 bits per heavy atom. The summed E-state index contributed by atoms with van der Waals surface area (Å²) in [4.78, 5) is 15.9. The maximum Gasteiger partial charge on any atom is 0.282 e. The molecule has 7 heteroatoms. The first-order valence-electron chi connectivity index (χ1n) is 8.55. The van der Waals surface area contributed by atoms with Crippen molar-refractivity contribution in [3.8, 4) is 0 Å². The van der Waals surface area contributed by atoms with E-state index in [4.69, 9.17) is 23.2 Å². The number of carbonyl (C=O) groups is 1. The fraction of sp³-hybridized carbons (Fsp3) is 0.316. The number of carbonyl (C=O) groups excluding carboxylic acids is 1. The van der Waals surface area contributed by atoms with Crippen molar-refractivity contribution in [2.24, 2.45) is 0 Å². The van der Waals surface area contributed by atoms with Crippen LogP contribution in [0.3, 0.4) is 0 Å². The second kappa shape index (κ2) is 8.25. The fourth-order valence-electron chi connectivity index (χ4n) is 3.18. The van der Waals surface area contributed by atoms with E-state index >= 15 is 0 Å². The van der Waals surface area contributed by atoms with Gasteiger partial charge in [0, 0.05) is 15.7 Å². The third-order valence-electron chi connectivity index (χ3n) is 4.77. The molecule has 1 fully saturated rings. The van der Waals surface area contributed by atoms with Crippen molar-refractivity contribution in [3.63, 3.8) is 0 Å². The zero-order chi connectivity index (χ0) is 18.7. The maximum atomic E-state index is 13.9. The first-order chi connectivity index (χ1) is 12.4. The SMILES string of the molecule is C[C@H](C(=O)Nc1ccc(Cl)cc1F)[NH+]1CCN(c2cccc(Cl)c2)CC1. The molecular formula is C19H21Cl2FN3O+. The highest BCUT2D eigenvalue weighted by atomic mass is 35.5. The number of benzene rings is 2. The van der Waals surface area contributed by atoms with Gasteiger partial charge in [-0.1, -0.05) is 29.3 Å². The molecule has 1 amide bonds. The van der Waals surface area contributed by atoms with Gasteiger partial charge in [-0.25, -0.2) is 4.39 Å². The van der Waals surface area contributed by atoms with E-state index in [0.717, 1.165) is 36.9 Å². The van der Waals surface area contributed by atoms with Gasteiger partial charge in [0.05, 0.1) is 31.9 Å². The molecule has 0 spiro atoms. The van der Waals surface area contributed by atoms with Crippen LogP contribution < -0.4 is 15.1 Å². The predicted octanol–water partition coefficient (Wildman–Crippen LogP) is 2.86. The Morgan fingerprint density at radius 1 is 1.15 bits per heavy atom. The van der Waals surface area contributed by atoms with Gasteiger partial charge in [0.15, 0.2) is 6.04 Å². The number of hydrogen-bond donors (Lipinski definition) is 2. The van der Waals surface area contributed by atoms with Gasteiger partial charge in [-0.2, -0.15) is 0 Å². The molecule has 26 heavy (non-hydrogen) atoms. The molecule has 0 saturated carbocycles. The number of amides is 1. The number of nitrogens with one attached hydrogen (secondary N) is 2. The van der Waals surface area contributed by atoms with E-state index in [-0.39, 0.29) is 17.6 Å². The van der Waals surface area contributed by atoms with Gasteiger partial charge >= 0.3 is 0 Å². The molecule has 2 N–H and O–H groups in total. The van der Waals surface area contributed by atoms with Crippen molar-refractivity contribution in [3.05, 3.63) is 58.3 Å². The van der Waals surface area contributed by atoms with Crippen LogP contribution in [0.4, 0.5) is 15.8 Å². The Hall–Kier alpha value is -1.82. The van der Waals surface area contributed by atoms with Crippen molar-refractivity contribution in [2.75, 3.05) is 36.4 Å². The molecular weight excluding hydrogens is 376 g/mol. The molecule has 2 aromatic carbocycles. The fourth-order valence-corrected chi connectivity index (χ4v) is 3.52. The first kappa shape index (κ1) is 19.0. The highest BCUT2D eigenvalue weighted by Crippen LogP contribution is 2.20. The van der Waals surface area contributed by atoms with Crippen molar-refractivity contribution < 1.29 is 14.1 Å². The molecule has 2 aromatic rings. The van der Waals surface area contributed by atoms with Gasteiger partial charge in [0.2, 0.25) is 0 Å². The number of halogens is 3. The van der Waals surface area contributed by atoms with Crippen LogP contribution in [0.5, 0.6) is 0 Å². The lowest BCUT2D eigenvalue weighted by molar-refractivity contribution is -0.914. The van der Waals surface area contributed by atoms with Gasteiger partial charge in [-0.3, -0.25) is 4.79 Å². The highest BCUT2D eigenvalue weighted by molar-refractivity contribution is 6.31. The van der Waals surface area contributed by atoms with Crippen LogP contribution in [-0.4, -0.2) is 38.1 Å². The number of rotatable bonds is 4. The summed E-state index contributed by atoms with van der Waals surface area (Å²) in [6.45, 7) is 5.19. The summed E-state index contributed by atoms with van der Waals surface area (Å²) in [5.74, 6) is -0.726. The number of hydrogen-bond acceptors (Lipinski definition) is 2. The van der Waals surface area contributed by atoms with Crippen LogP contribution in [0, 0.1) is 5.82 Å². The van der Waals surface area contributed by atoms with E-state index in [1.807, 2.05) is 31.2 Å². The smallest absolute Gasteiger partial charge is 0.282 e. The van der Waals surface area contributed by atoms with Gasteiger partial charge < -0.3 is 15.1 Å². The standard InChI is InChI=1S/C19H20Cl2FN3O/c1-13(19(26)23-18-6-5-15(21)12-17(18)22)24-7-9-25(10-8-24)16-4-2-3-14(20)11-16/h2-6,11-13H,7-10H2,1H3,(H,23,26)/p+1/t13-/m1/s1. The van der Waals surface area contributed by atoms with Crippen molar-refractivity contribution in [2.45, 2.75) is 13.0 Å². The third kappa shape index (κ3) is 4.47. The monoisotopic (exact) mass is 396 g/mol. The average Bonchev–Trinajstić information content (AvgIpc) is 2.63. The molecule has 3 rings (SSSR count). The summed E-state index contributed by atoms with van der Waals surface area (Å²) in [6.07, 6.45) is 0. The summed E-state index contributed by atoms with van der Waals surface area (Å²) in [5, 5.41) is 3.68. The number of anilines is 2. The normalized spacial score (nSPS) is 16.4. The molecule has 138 valence electrons. The molecule has 1 atom stereocenters. The minimum atomic E-state index is -0.529. The highest BCUT2D eigenvalue weighted by Gasteiger charge is 2.29. The van der Waals surface area contributed by atoms with Gasteiger partial charge in [0.1, 0.15) is 5.82 Å². The Balaban J connectivity index is 1.57. The van der Waals surface area contributed by atoms with Crippen molar-refractivity contribution in [1.29, 1.82) is 0 Å². The van der Waals surface area contributed by atoms with E-state index in [0.29, 0.717) is 5.02 Å². The molecule has 0 aliphatic carbocycles. The maximum absolute atomic E-state index is 13.9. The molecule has 0 bridgehead atoms. The number of piperazine rings is 1. The van der Waals surface area contributed by atoms with E-state index in [1.54, 1.807) is 6.07 Å². The molecule has 1 aliphatic rings. The van der Waals surface area contributed by atoms with E-state index in [2.05, 4.69) is 10.2 Å². The summed E-state index contributed by atoms with van der Waals surface area (Å²) < 4.78 is 13.9. The number of nitrogens with zero attached hydrogens (tertiary/aromatic N) is 1. The molecule has 0 unspecified atom stereocenters. The Morgan fingerprint density at radius 2 is 1.85 bits per heavy atom. The van der Waals surface area contributed by atoms with Crippen molar-refractivity contribution >= 4 is 40.5 Å². The van der Waals surface area contributed by atoms with Crippen LogP contribution in [0.2, 0.25) is 10.0 Å². The minimum absolute atomic E-state index is 0.156. The van der Waals surface area contributed by atoms with Crippen LogP contribution in [0.1, 0.15) is 6.92 Å². The largest absolute Gasteiger partial charge is 0.360 e. The quantitative estimate of drug-likeness (QED) is 0.833. The molecule has 1 heterocycles. The molecule has 0 aromatic heterocycles. The van der Waals surface area contributed by atoms with Crippen LogP contribution >= 0.6 is 23.2 Å². The third-order valence-corrected chi connectivity index (χ3v) is 5.24. The predicted molar refractivity (Wildman–Crippen MR) is 104 cm³/mol. The van der Waals surface area contributed by atoms with Crippen LogP contribution in [-0.2, 0) is 4.79 Å².